The molecule has 0 bridgehead atoms. The predicted octanol–water partition coefficient (Wildman–Crippen LogP) is 4.53. The molecule has 2 aliphatic heterocycles. The monoisotopic (exact) mass is 441 g/mol. The average molecular weight is 442 g/mol. The molecule has 1 aromatic carbocycles. The number of rotatable bonds is 4. The molecule has 6 nitrogen and oxygen atoms in total. The summed E-state index contributed by atoms with van der Waals surface area (Å²) in [5, 5.41) is 0.0506. The van der Waals surface area contributed by atoms with Crippen molar-refractivity contribution in [1.29, 1.82) is 0 Å². The van der Waals surface area contributed by atoms with Crippen LogP contribution in [0.5, 0.6) is 0 Å². The number of hydrogen-bond donors (Lipinski definition) is 0. The first-order valence-corrected chi connectivity index (χ1v) is 10.9. The van der Waals surface area contributed by atoms with Crippen molar-refractivity contribution in [2.45, 2.75) is 25.3 Å². The van der Waals surface area contributed by atoms with E-state index in [1.54, 1.807) is 47.6 Å². The van der Waals surface area contributed by atoms with Gasteiger partial charge in [0.05, 0.1) is 10.9 Å². The van der Waals surface area contributed by atoms with Gasteiger partial charge in [-0.2, -0.15) is 0 Å². The molecule has 154 valence electrons. The molecule has 2 aliphatic rings. The first kappa shape index (κ1) is 20.6. The van der Waals surface area contributed by atoms with Crippen LogP contribution < -0.4 is 0 Å². The van der Waals surface area contributed by atoms with Crippen LogP contribution in [0.15, 0.2) is 53.7 Å². The first-order chi connectivity index (χ1) is 14.5. The van der Waals surface area contributed by atoms with Gasteiger partial charge < -0.3 is 4.90 Å². The maximum Gasteiger partial charge on any atom is 0.294 e. The Morgan fingerprint density at radius 1 is 1.20 bits per heavy atom. The van der Waals surface area contributed by atoms with Gasteiger partial charge in [-0.3, -0.25) is 24.3 Å². The lowest BCUT2D eigenvalue weighted by atomic mass is 9.96. The van der Waals surface area contributed by atoms with E-state index < -0.39 is 11.1 Å². The third kappa shape index (κ3) is 4.27. The van der Waals surface area contributed by atoms with Gasteiger partial charge in [-0.25, -0.2) is 0 Å². The van der Waals surface area contributed by atoms with Crippen molar-refractivity contribution in [1.82, 2.24) is 14.8 Å². The standard InChI is InChI=1S/C22H20ClN3O3S/c23-17-8-2-1-6-15(17)12-19-21(28)26(22(29)30-19)14-20(27)25-11-4-3-9-18(25)16-7-5-10-24-13-16/h1-2,5-8,10,12-13,18H,3-4,9,11,14H2/b19-12+. The Hall–Kier alpha value is -2.64. The molecule has 2 aromatic rings. The Bertz CT molecular complexity index is 1010. The fraction of sp³-hybridized carbons (Fsp3) is 0.273. The van der Waals surface area contributed by atoms with Gasteiger partial charge >= 0.3 is 0 Å². The largest absolute Gasteiger partial charge is 0.334 e. The van der Waals surface area contributed by atoms with Crippen LogP contribution in [0.4, 0.5) is 4.79 Å². The third-order valence-electron chi connectivity index (χ3n) is 5.25. The normalized spacial score (nSPS) is 20.8. The van der Waals surface area contributed by atoms with Crippen LogP contribution in [0.2, 0.25) is 5.02 Å². The number of benzene rings is 1. The Morgan fingerprint density at radius 2 is 2.03 bits per heavy atom. The van der Waals surface area contributed by atoms with Gasteiger partial charge in [0.25, 0.3) is 11.1 Å². The molecule has 1 unspecified atom stereocenters. The highest BCUT2D eigenvalue weighted by Gasteiger charge is 2.38. The van der Waals surface area contributed by atoms with Gasteiger partial charge in [0.15, 0.2) is 0 Å². The second-order valence-electron chi connectivity index (χ2n) is 7.17. The van der Waals surface area contributed by atoms with Crippen LogP contribution in [0.1, 0.15) is 36.4 Å². The van der Waals surface area contributed by atoms with Crippen LogP contribution in [-0.2, 0) is 9.59 Å². The molecule has 8 heteroatoms. The summed E-state index contributed by atoms with van der Waals surface area (Å²) in [7, 11) is 0. The lowest BCUT2D eigenvalue weighted by Gasteiger charge is -2.36. The molecule has 4 rings (SSSR count). The van der Waals surface area contributed by atoms with E-state index in [0.29, 0.717) is 17.1 Å². The molecule has 2 fully saturated rings. The molecular weight excluding hydrogens is 422 g/mol. The summed E-state index contributed by atoms with van der Waals surface area (Å²) in [6.45, 7) is 0.339. The molecule has 3 amide bonds. The van der Waals surface area contributed by atoms with Crippen LogP contribution in [0.3, 0.4) is 0 Å². The fourth-order valence-electron chi connectivity index (χ4n) is 3.75. The quantitative estimate of drug-likeness (QED) is 0.652. The van der Waals surface area contributed by atoms with Crippen molar-refractivity contribution in [3.63, 3.8) is 0 Å². The highest BCUT2D eigenvalue weighted by Crippen LogP contribution is 2.35. The van der Waals surface area contributed by atoms with E-state index >= 15 is 0 Å². The minimum Gasteiger partial charge on any atom is -0.334 e. The number of likely N-dealkylation sites (tertiary alicyclic amines) is 1. The summed E-state index contributed by atoms with van der Waals surface area (Å²) in [5.74, 6) is -0.696. The third-order valence-corrected chi connectivity index (χ3v) is 6.50. The zero-order valence-corrected chi connectivity index (χ0v) is 17.7. The molecule has 1 aromatic heterocycles. The lowest BCUT2D eigenvalue weighted by Crippen LogP contribution is -2.45. The summed E-state index contributed by atoms with van der Waals surface area (Å²) in [4.78, 5) is 45.5. The van der Waals surface area contributed by atoms with E-state index in [1.165, 1.54) is 0 Å². The Kier molecular flexibility index (Phi) is 6.20. The second-order valence-corrected chi connectivity index (χ2v) is 8.57. The van der Waals surface area contributed by atoms with E-state index in [4.69, 9.17) is 11.6 Å². The number of hydrogen-bond acceptors (Lipinski definition) is 5. The van der Waals surface area contributed by atoms with E-state index in [0.717, 1.165) is 41.5 Å². The van der Waals surface area contributed by atoms with Gasteiger partial charge in [0.2, 0.25) is 5.91 Å². The predicted molar refractivity (Wildman–Crippen MR) is 117 cm³/mol. The number of piperidine rings is 1. The highest BCUT2D eigenvalue weighted by atomic mass is 35.5. The molecule has 0 N–H and O–H groups in total. The minimum absolute atomic E-state index is 0.0847. The van der Waals surface area contributed by atoms with Gasteiger partial charge in [-0.15, -0.1) is 0 Å². The van der Waals surface area contributed by atoms with Crippen molar-refractivity contribution in [3.8, 4) is 0 Å². The smallest absolute Gasteiger partial charge is 0.294 e. The molecule has 3 heterocycles. The van der Waals surface area contributed by atoms with Gasteiger partial charge in [-0.1, -0.05) is 35.9 Å². The minimum atomic E-state index is -0.465. The van der Waals surface area contributed by atoms with Crippen LogP contribution in [-0.4, -0.2) is 44.9 Å². The molecular formula is C22H20ClN3O3S. The number of carbonyl (C=O) groups is 3. The molecule has 0 saturated carbocycles. The van der Waals surface area contributed by atoms with Gasteiger partial charge in [0, 0.05) is 24.0 Å². The van der Waals surface area contributed by atoms with Crippen molar-refractivity contribution in [2.24, 2.45) is 0 Å². The van der Waals surface area contributed by atoms with Crippen molar-refractivity contribution in [3.05, 3.63) is 69.8 Å². The number of carbonyl (C=O) groups excluding carboxylic acids is 3. The molecule has 0 radical (unpaired) electrons. The SMILES string of the molecule is O=C1S/C(=C/c2ccccc2Cl)C(=O)N1CC(=O)N1CCCCC1c1cccnc1. The summed E-state index contributed by atoms with van der Waals surface area (Å²) in [6, 6.07) is 10.8. The van der Waals surface area contributed by atoms with Gasteiger partial charge in [0.1, 0.15) is 6.54 Å². The van der Waals surface area contributed by atoms with Gasteiger partial charge in [-0.05, 0) is 60.4 Å². The molecule has 2 saturated heterocycles. The van der Waals surface area contributed by atoms with Crippen LogP contribution >= 0.6 is 23.4 Å². The zero-order chi connectivity index (χ0) is 21.1. The van der Waals surface area contributed by atoms with E-state index in [1.807, 2.05) is 12.1 Å². The Labute approximate surface area is 183 Å². The van der Waals surface area contributed by atoms with Crippen molar-refractivity contribution in [2.75, 3.05) is 13.1 Å². The number of amides is 3. The number of thioether (sulfide) groups is 1. The topological polar surface area (TPSA) is 70.6 Å². The molecule has 30 heavy (non-hydrogen) atoms. The maximum atomic E-state index is 13.1. The highest BCUT2D eigenvalue weighted by molar-refractivity contribution is 8.18. The molecule has 1 atom stereocenters. The fourth-order valence-corrected chi connectivity index (χ4v) is 4.76. The van der Waals surface area contributed by atoms with Crippen molar-refractivity contribution < 1.29 is 14.4 Å². The molecule has 0 aliphatic carbocycles. The first-order valence-electron chi connectivity index (χ1n) is 9.74. The van der Waals surface area contributed by atoms with E-state index in [9.17, 15) is 14.4 Å². The number of imide groups is 1. The van der Waals surface area contributed by atoms with Crippen LogP contribution in [0.25, 0.3) is 6.08 Å². The maximum absolute atomic E-state index is 13.1. The number of halogens is 1. The second kappa shape index (κ2) is 9.02. The summed E-state index contributed by atoms with van der Waals surface area (Å²) in [5.41, 5.74) is 1.63. The Morgan fingerprint density at radius 3 is 2.80 bits per heavy atom. The zero-order valence-electron chi connectivity index (χ0n) is 16.2. The lowest BCUT2D eigenvalue weighted by molar-refractivity contribution is -0.138. The summed E-state index contributed by atoms with van der Waals surface area (Å²) >= 11 is 6.98. The summed E-state index contributed by atoms with van der Waals surface area (Å²) in [6.07, 6.45) is 7.82. The number of aromatic nitrogens is 1. The number of pyridine rings is 1. The number of nitrogens with zero attached hydrogens (tertiary/aromatic N) is 3. The van der Waals surface area contributed by atoms with E-state index in [2.05, 4.69) is 4.98 Å². The molecule has 0 spiro atoms. The van der Waals surface area contributed by atoms with E-state index in [-0.39, 0.29) is 23.4 Å². The average Bonchev–Trinajstić information content (AvgIpc) is 3.03. The Balaban J connectivity index is 1.50. The van der Waals surface area contributed by atoms with Crippen LogP contribution in [0, 0.1) is 0 Å². The van der Waals surface area contributed by atoms with Crippen molar-refractivity contribution >= 4 is 46.5 Å². The summed E-state index contributed by atoms with van der Waals surface area (Å²) < 4.78 is 0.